The zero-order valence-electron chi connectivity index (χ0n) is 11.9. The van der Waals surface area contributed by atoms with E-state index in [1.807, 2.05) is 18.7 Å². The van der Waals surface area contributed by atoms with Crippen molar-refractivity contribution in [2.75, 3.05) is 31.1 Å². The summed E-state index contributed by atoms with van der Waals surface area (Å²) in [6, 6.07) is 2.28. The Morgan fingerprint density at radius 3 is 2.50 bits per heavy atom. The second kappa shape index (κ2) is 5.09. The Labute approximate surface area is 117 Å². The van der Waals surface area contributed by atoms with Gasteiger partial charge in [-0.1, -0.05) is 0 Å². The highest BCUT2D eigenvalue weighted by molar-refractivity contribution is 5.57. The summed E-state index contributed by atoms with van der Waals surface area (Å²) in [5.41, 5.74) is -0.484. The predicted molar refractivity (Wildman–Crippen MR) is 73.3 cm³/mol. The lowest BCUT2D eigenvalue weighted by molar-refractivity contribution is -0.384. The molecule has 2 heterocycles. The average Bonchev–Trinajstić information content (AvgIpc) is 2.81. The van der Waals surface area contributed by atoms with Crippen molar-refractivity contribution in [2.24, 2.45) is 7.05 Å². The van der Waals surface area contributed by atoms with E-state index in [0.29, 0.717) is 32.0 Å². The van der Waals surface area contributed by atoms with Crippen LogP contribution in [0.15, 0.2) is 6.20 Å². The summed E-state index contributed by atoms with van der Waals surface area (Å²) in [7, 11) is 1.67. The first kappa shape index (κ1) is 14.3. The maximum Gasteiger partial charge on any atom is 0.330 e. The van der Waals surface area contributed by atoms with Gasteiger partial charge in [0.05, 0.1) is 11.0 Å². The van der Waals surface area contributed by atoms with Crippen molar-refractivity contribution < 1.29 is 4.92 Å². The smallest absolute Gasteiger partial charge is 0.330 e. The molecular weight excluding hydrogens is 260 g/mol. The molecule has 0 radical (unpaired) electrons. The molecule has 1 aromatic heterocycles. The van der Waals surface area contributed by atoms with E-state index in [0.717, 1.165) is 0 Å². The van der Waals surface area contributed by atoms with Crippen LogP contribution in [-0.4, -0.2) is 51.3 Å². The van der Waals surface area contributed by atoms with Gasteiger partial charge in [0.1, 0.15) is 11.7 Å². The number of aryl methyl sites for hydroxylation is 1. The Bertz CT molecular complexity index is 551. The molecule has 20 heavy (non-hydrogen) atoms. The van der Waals surface area contributed by atoms with Crippen LogP contribution in [0, 0.1) is 21.4 Å². The third kappa shape index (κ3) is 2.58. The monoisotopic (exact) mass is 278 g/mol. The minimum atomic E-state index is -0.512. The molecule has 1 aliphatic rings. The Hall–Kier alpha value is -2.14. The topological polar surface area (TPSA) is 91.2 Å². The largest absolute Gasteiger partial charge is 0.347 e. The fourth-order valence-electron chi connectivity index (χ4n) is 2.37. The first-order valence-electron chi connectivity index (χ1n) is 6.44. The van der Waals surface area contributed by atoms with E-state index in [1.54, 1.807) is 7.05 Å². The van der Waals surface area contributed by atoms with Crippen LogP contribution < -0.4 is 4.90 Å². The van der Waals surface area contributed by atoms with Crippen LogP contribution in [0.5, 0.6) is 0 Å². The van der Waals surface area contributed by atoms with Crippen molar-refractivity contribution in [3.63, 3.8) is 0 Å². The van der Waals surface area contributed by atoms with E-state index in [9.17, 15) is 10.1 Å². The van der Waals surface area contributed by atoms with Gasteiger partial charge in [0.15, 0.2) is 0 Å². The third-order valence-electron chi connectivity index (χ3n) is 3.63. The maximum absolute atomic E-state index is 11.0. The molecular formula is C12H18N6O2. The molecule has 0 saturated carbocycles. The summed E-state index contributed by atoms with van der Waals surface area (Å²) >= 11 is 0. The van der Waals surface area contributed by atoms with Gasteiger partial charge in [-0.25, -0.2) is 0 Å². The zero-order chi connectivity index (χ0) is 14.9. The molecule has 0 spiro atoms. The van der Waals surface area contributed by atoms with Gasteiger partial charge in [-0.3, -0.25) is 19.7 Å². The first-order valence-corrected chi connectivity index (χ1v) is 6.44. The van der Waals surface area contributed by atoms with Crippen molar-refractivity contribution in [2.45, 2.75) is 19.4 Å². The van der Waals surface area contributed by atoms with Crippen LogP contribution in [0.2, 0.25) is 0 Å². The predicted octanol–water partition coefficient (Wildman–Crippen LogP) is 0.752. The van der Waals surface area contributed by atoms with E-state index in [4.69, 9.17) is 5.26 Å². The normalized spacial score (nSPS) is 17.0. The maximum atomic E-state index is 11.0. The van der Waals surface area contributed by atoms with Crippen molar-refractivity contribution >= 4 is 11.5 Å². The lowest BCUT2D eigenvalue weighted by atomic mass is 10.0. The third-order valence-corrected chi connectivity index (χ3v) is 3.63. The number of aromatic nitrogens is 2. The first-order chi connectivity index (χ1) is 9.35. The molecule has 0 bridgehead atoms. The molecule has 108 valence electrons. The van der Waals surface area contributed by atoms with E-state index in [-0.39, 0.29) is 5.69 Å². The minimum absolute atomic E-state index is 0.0282. The molecule has 8 nitrogen and oxygen atoms in total. The van der Waals surface area contributed by atoms with Crippen LogP contribution in [-0.2, 0) is 7.05 Å². The van der Waals surface area contributed by atoms with E-state index >= 15 is 0 Å². The lowest BCUT2D eigenvalue weighted by Gasteiger charge is -2.40. The summed E-state index contributed by atoms with van der Waals surface area (Å²) in [6.45, 7) is 6.40. The minimum Gasteiger partial charge on any atom is -0.347 e. The van der Waals surface area contributed by atoms with Crippen LogP contribution in [0.1, 0.15) is 13.8 Å². The molecule has 2 rings (SSSR count). The SMILES string of the molecule is Cn1cc([N+](=O)[O-])c(N2CCN(C(C)(C)C#N)CC2)n1. The molecule has 8 heteroatoms. The molecule has 0 atom stereocenters. The second-order valence-electron chi connectivity index (χ2n) is 5.41. The number of nitrogens with zero attached hydrogens (tertiary/aromatic N) is 6. The summed E-state index contributed by atoms with van der Waals surface area (Å²) in [4.78, 5) is 14.6. The van der Waals surface area contributed by atoms with Crippen LogP contribution in [0.4, 0.5) is 11.5 Å². The highest BCUT2D eigenvalue weighted by atomic mass is 16.6. The van der Waals surface area contributed by atoms with E-state index in [1.165, 1.54) is 10.9 Å². The molecule has 1 aliphatic heterocycles. The molecule has 1 fully saturated rings. The van der Waals surface area contributed by atoms with Crippen molar-refractivity contribution in [3.05, 3.63) is 16.3 Å². The van der Waals surface area contributed by atoms with Gasteiger partial charge in [-0.05, 0) is 13.8 Å². The van der Waals surface area contributed by atoms with Crippen molar-refractivity contribution in [3.8, 4) is 6.07 Å². The lowest BCUT2D eigenvalue weighted by Crippen LogP contribution is -2.54. The van der Waals surface area contributed by atoms with Crippen LogP contribution in [0.25, 0.3) is 0 Å². The van der Waals surface area contributed by atoms with Gasteiger partial charge in [-0.2, -0.15) is 5.26 Å². The molecule has 0 aliphatic carbocycles. The molecule has 1 saturated heterocycles. The number of nitro groups is 1. The molecule has 0 amide bonds. The van der Waals surface area contributed by atoms with Gasteiger partial charge in [0.2, 0.25) is 5.82 Å². The zero-order valence-corrected chi connectivity index (χ0v) is 11.9. The summed E-state index contributed by atoms with van der Waals surface area (Å²) in [5.74, 6) is 0.409. The average molecular weight is 278 g/mol. The highest BCUT2D eigenvalue weighted by Gasteiger charge is 2.32. The second-order valence-corrected chi connectivity index (χ2v) is 5.41. The quantitative estimate of drug-likeness (QED) is 0.598. The number of piperazine rings is 1. The molecule has 0 N–H and O–H groups in total. The number of hydrogen-bond donors (Lipinski definition) is 0. The van der Waals surface area contributed by atoms with Gasteiger partial charge in [0.25, 0.3) is 0 Å². The highest BCUT2D eigenvalue weighted by Crippen LogP contribution is 2.27. The summed E-state index contributed by atoms with van der Waals surface area (Å²) in [5, 5.41) is 24.3. The summed E-state index contributed by atoms with van der Waals surface area (Å²) in [6.07, 6.45) is 1.42. The van der Waals surface area contributed by atoms with Crippen molar-refractivity contribution in [1.29, 1.82) is 5.26 Å². The van der Waals surface area contributed by atoms with Gasteiger partial charge in [0, 0.05) is 33.2 Å². The molecule has 1 aromatic rings. The Morgan fingerprint density at radius 1 is 1.40 bits per heavy atom. The van der Waals surface area contributed by atoms with E-state index < -0.39 is 10.5 Å². The number of hydrogen-bond acceptors (Lipinski definition) is 6. The summed E-state index contributed by atoms with van der Waals surface area (Å²) < 4.78 is 1.46. The fraction of sp³-hybridized carbons (Fsp3) is 0.667. The Balaban J connectivity index is 2.12. The van der Waals surface area contributed by atoms with Crippen LogP contribution in [0.3, 0.4) is 0 Å². The van der Waals surface area contributed by atoms with Crippen molar-refractivity contribution in [1.82, 2.24) is 14.7 Å². The van der Waals surface area contributed by atoms with Gasteiger partial charge in [-0.15, -0.1) is 5.10 Å². The number of nitriles is 1. The molecule has 0 aromatic carbocycles. The number of rotatable bonds is 3. The van der Waals surface area contributed by atoms with Gasteiger partial charge < -0.3 is 4.90 Å². The number of anilines is 1. The standard InChI is InChI=1S/C12H18N6O2/c1-12(2,9-13)17-6-4-16(5-7-17)11-10(18(19)20)8-15(3)14-11/h8H,4-7H2,1-3H3. The van der Waals surface area contributed by atoms with Gasteiger partial charge >= 0.3 is 5.69 Å². The van der Waals surface area contributed by atoms with E-state index in [2.05, 4.69) is 16.1 Å². The van der Waals surface area contributed by atoms with Crippen LogP contribution >= 0.6 is 0 Å². The molecule has 0 unspecified atom stereocenters. The fourth-order valence-corrected chi connectivity index (χ4v) is 2.37. The Morgan fingerprint density at radius 2 is 2.00 bits per heavy atom. The Kier molecular flexibility index (Phi) is 3.63.